The van der Waals surface area contributed by atoms with Gasteiger partial charge in [-0.3, -0.25) is 0 Å². The number of benzene rings is 3. The van der Waals surface area contributed by atoms with Gasteiger partial charge in [0.2, 0.25) is 0 Å². The van der Waals surface area contributed by atoms with E-state index >= 15 is 0 Å². The van der Waals surface area contributed by atoms with E-state index in [2.05, 4.69) is 13.2 Å². The Morgan fingerprint density at radius 2 is 1.10 bits per heavy atom. The van der Waals surface area contributed by atoms with Crippen molar-refractivity contribution in [2.45, 2.75) is 0 Å². The van der Waals surface area contributed by atoms with E-state index in [4.69, 9.17) is 14.2 Å². The van der Waals surface area contributed by atoms with Crippen LogP contribution in [0.25, 0.3) is 10.8 Å². The summed E-state index contributed by atoms with van der Waals surface area (Å²) < 4.78 is 15.4. The third-order valence-electron chi connectivity index (χ3n) is 3.85. The van der Waals surface area contributed by atoms with Gasteiger partial charge in [0.25, 0.3) is 0 Å². The van der Waals surface area contributed by atoms with Crippen molar-refractivity contribution in [3.05, 3.63) is 91.5 Å². The normalized spacial score (nSPS) is 10.1. The van der Waals surface area contributed by atoms with E-state index in [-0.39, 0.29) is 0 Å². The van der Waals surface area contributed by atoms with E-state index in [9.17, 15) is 14.4 Å². The van der Waals surface area contributed by atoms with Crippen LogP contribution in [0.15, 0.2) is 86.0 Å². The van der Waals surface area contributed by atoms with Crippen LogP contribution in [0, 0.1) is 0 Å². The lowest BCUT2D eigenvalue weighted by Gasteiger charge is -2.08. The minimum absolute atomic E-state index is 0.306. The fourth-order valence-corrected chi connectivity index (χ4v) is 2.47. The summed E-state index contributed by atoms with van der Waals surface area (Å²) in [6, 6.07) is 16.1. The molecule has 6 nitrogen and oxygen atoms in total. The number of rotatable bonds is 6. The highest BCUT2D eigenvalue weighted by molar-refractivity contribution is 5.97. The van der Waals surface area contributed by atoms with Crippen LogP contribution in [-0.4, -0.2) is 17.9 Å². The summed E-state index contributed by atoms with van der Waals surface area (Å²) in [5.41, 5.74) is 0.357. The van der Waals surface area contributed by atoms with E-state index in [1.807, 2.05) is 0 Å². The van der Waals surface area contributed by atoms with Gasteiger partial charge in [-0.25, -0.2) is 14.4 Å². The van der Waals surface area contributed by atoms with E-state index in [0.717, 1.165) is 22.9 Å². The predicted molar refractivity (Wildman–Crippen MR) is 107 cm³/mol. The van der Waals surface area contributed by atoms with Gasteiger partial charge in [-0.1, -0.05) is 25.3 Å². The Kier molecular flexibility index (Phi) is 5.85. The number of fused-ring (bicyclic) bond motifs is 1. The molecule has 3 aromatic rings. The molecule has 0 aliphatic heterocycles. The van der Waals surface area contributed by atoms with Crippen molar-refractivity contribution in [1.82, 2.24) is 0 Å². The first-order chi connectivity index (χ1) is 14.0. The molecule has 144 valence electrons. The summed E-state index contributed by atoms with van der Waals surface area (Å²) in [6.07, 6.45) is 2.14. The van der Waals surface area contributed by atoms with Crippen molar-refractivity contribution < 1.29 is 28.6 Å². The molecule has 29 heavy (non-hydrogen) atoms. The van der Waals surface area contributed by atoms with Gasteiger partial charge < -0.3 is 14.2 Å². The van der Waals surface area contributed by atoms with Crippen LogP contribution >= 0.6 is 0 Å². The Labute approximate surface area is 166 Å². The van der Waals surface area contributed by atoms with Crippen molar-refractivity contribution >= 4 is 28.7 Å². The van der Waals surface area contributed by atoms with Crippen molar-refractivity contribution in [1.29, 1.82) is 0 Å². The molecule has 0 saturated carbocycles. The second kappa shape index (κ2) is 8.67. The lowest BCUT2D eigenvalue weighted by molar-refractivity contribution is -0.129. The minimum atomic E-state index is -0.576. The Bertz CT molecular complexity index is 1110. The molecule has 0 atom stereocenters. The maximum absolute atomic E-state index is 12.4. The summed E-state index contributed by atoms with van der Waals surface area (Å²) in [6.45, 7) is 6.67. The van der Waals surface area contributed by atoms with Crippen LogP contribution in [0.3, 0.4) is 0 Å². The fourth-order valence-electron chi connectivity index (χ4n) is 2.47. The average molecular weight is 388 g/mol. The van der Waals surface area contributed by atoms with E-state index in [0.29, 0.717) is 22.8 Å². The van der Waals surface area contributed by atoms with Crippen molar-refractivity contribution in [2.75, 3.05) is 0 Å². The number of carbonyl (C=O) groups excluding carboxylic acids is 3. The molecule has 0 aromatic heterocycles. The molecule has 0 amide bonds. The van der Waals surface area contributed by atoms with Crippen LogP contribution in [0.1, 0.15) is 10.4 Å². The standard InChI is InChI=1S/C23H16O6/c1-3-21(24)27-18-9-11-19(12-10-18)29-23(26)17-6-5-16-14-20(28-22(25)4-2)8-7-15(16)13-17/h3-14H,1-2H2. The van der Waals surface area contributed by atoms with Gasteiger partial charge in [-0.15, -0.1) is 0 Å². The Morgan fingerprint density at radius 3 is 1.72 bits per heavy atom. The summed E-state index contributed by atoms with van der Waals surface area (Å²) in [5, 5.41) is 1.58. The summed E-state index contributed by atoms with van der Waals surface area (Å²) >= 11 is 0. The van der Waals surface area contributed by atoms with E-state index < -0.39 is 17.9 Å². The molecular weight excluding hydrogens is 372 g/mol. The zero-order chi connectivity index (χ0) is 20.8. The highest BCUT2D eigenvalue weighted by Gasteiger charge is 2.11. The van der Waals surface area contributed by atoms with Crippen LogP contribution in [-0.2, 0) is 9.59 Å². The molecule has 0 N–H and O–H groups in total. The average Bonchev–Trinajstić information content (AvgIpc) is 2.74. The summed E-state index contributed by atoms with van der Waals surface area (Å²) in [4.78, 5) is 34.9. The fraction of sp³-hybridized carbons (Fsp3) is 0. The SMILES string of the molecule is C=CC(=O)Oc1ccc(OC(=O)c2ccc3cc(OC(=O)C=C)ccc3c2)cc1. The van der Waals surface area contributed by atoms with Crippen LogP contribution in [0.5, 0.6) is 17.2 Å². The van der Waals surface area contributed by atoms with Gasteiger partial charge in [0.05, 0.1) is 5.56 Å². The molecule has 0 spiro atoms. The third kappa shape index (κ3) is 4.95. The maximum atomic E-state index is 12.4. The zero-order valence-corrected chi connectivity index (χ0v) is 15.3. The Hall–Kier alpha value is -4.19. The first-order valence-electron chi connectivity index (χ1n) is 8.53. The maximum Gasteiger partial charge on any atom is 0.343 e. The highest BCUT2D eigenvalue weighted by Crippen LogP contribution is 2.24. The topological polar surface area (TPSA) is 78.9 Å². The first kappa shape index (κ1) is 19.6. The van der Waals surface area contributed by atoms with Crippen molar-refractivity contribution in [3.63, 3.8) is 0 Å². The molecule has 0 fully saturated rings. The highest BCUT2D eigenvalue weighted by atomic mass is 16.5. The molecule has 0 bridgehead atoms. The molecule has 0 aliphatic carbocycles. The smallest absolute Gasteiger partial charge is 0.343 e. The van der Waals surface area contributed by atoms with Crippen LogP contribution in [0.4, 0.5) is 0 Å². The quantitative estimate of drug-likeness (QED) is 0.357. The predicted octanol–water partition coefficient (Wildman–Crippen LogP) is 4.24. The van der Waals surface area contributed by atoms with Gasteiger partial charge in [-0.05, 0) is 59.3 Å². The summed E-state index contributed by atoms with van der Waals surface area (Å²) in [5.74, 6) is -0.656. The Balaban J connectivity index is 1.72. The monoisotopic (exact) mass is 388 g/mol. The molecule has 0 radical (unpaired) electrons. The van der Waals surface area contributed by atoms with Crippen molar-refractivity contribution in [3.8, 4) is 17.2 Å². The molecule has 0 unspecified atom stereocenters. The molecule has 3 aromatic carbocycles. The van der Waals surface area contributed by atoms with Gasteiger partial charge in [0.15, 0.2) is 0 Å². The zero-order valence-electron chi connectivity index (χ0n) is 15.3. The number of hydrogen-bond donors (Lipinski definition) is 0. The largest absolute Gasteiger partial charge is 0.423 e. The van der Waals surface area contributed by atoms with E-state index in [1.165, 1.54) is 24.3 Å². The number of esters is 3. The number of ether oxygens (including phenoxy) is 3. The Morgan fingerprint density at radius 1 is 0.621 bits per heavy atom. The molecule has 3 rings (SSSR count). The van der Waals surface area contributed by atoms with Crippen molar-refractivity contribution in [2.24, 2.45) is 0 Å². The van der Waals surface area contributed by atoms with Crippen LogP contribution in [0.2, 0.25) is 0 Å². The second-order valence-electron chi connectivity index (χ2n) is 5.84. The summed E-state index contributed by atoms with van der Waals surface area (Å²) in [7, 11) is 0. The lowest BCUT2D eigenvalue weighted by Crippen LogP contribution is -2.08. The number of carbonyl (C=O) groups is 3. The first-order valence-corrected chi connectivity index (χ1v) is 8.53. The van der Waals surface area contributed by atoms with Crippen LogP contribution < -0.4 is 14.2 Å². The number of hydrogen-bond acceptors (Lipinski definition) is 6. The second-order valence-corrected chi connectivity index (χ2v) is 5.84. The minimum Gasteiger partial charge on any atom is -0.423 e. The molecule has 0 saturated heterocycles. The van der Waals surface area contributed by atoms with Gasteiger partial charge >= 0.3 is 17.9 Å². The third-order valence-corrected chi connectivity index (χ3v) is 3.85. The molecule has 0 heterocycles. The van der Waals surface area contributed by atoms with Gasteiger partial charge in [-0.2, -0.15) is 0 Å². The molecular formula is C23H16O6. The molecule has 0 aliphatic rings. The lowest BCUT2D eigenvalue weighted by atomic mass is 10.1. The molecule has 6 heteroatoms. The van der Waals surface area contributed by atoms with Gasteiger partial charge in [0.1, 0.15) is 17.2 Å². The van der Waals surface area contributed by atoms with E-state index in [1.54, 1.807) is 36.4 Å². The van der Waals surface area contributed by atoms with Gasteiger partial charge in [0, 0.05) is 12.2 Å².